The molecule has 0 aromatic heterocycles. The van der Waals surface area contributed by atoms with Crippen LogP contribution in [0.4, 0.5) is 10.1 Å². The second kappa shape index (κ2) is 3.81. The average molecular weight is 234 g/mol. The molecule has 0 bridgehead atoms. The summed E-state index contributed by atoms with van der Waals surface area (Å²) in [6.07, 6.45) is 4.35. The minimum absolute atomic E-state index is 0.0856. The molecule has 1 fully saturated rings. The van der Waals surface area contributed by atoms with Gasteiger partial charge in [0.25, 0.3) is 0 Å². The lowest BCUT2D eigenvalue weighted by molar-refractivity contribution is -0.119. The molecule has 1 heterocycles. The van der Waals surface area contributed by atoms with Crippen molar-refractivity contribution in [3.8, 4) is 0 Å². The second-order valence-corrected chi connectivity index (χ2v) is 4.83. The number of halogens is 1. The van der Waals surface area contributed by atoms with Crippen LogP contribution in [-0.2, 0) is 4.79 Å². The van der Waals surface area contributed by atoms with Crippen LogP contribution in [0.5, 0.6) is 0 Å². The summed E-state index contributed by atoms with van der Waals surface area (Å²) in [7, 11) is 0. The quantitative estimate of drug-likeness (QED) is 0.809. The summed E-state index contributed by atoms with van der Waals surface area (Å²) in [5.41, 5.74) is 7.29. The van der Waals surface area contributed by atoms with Crippen molar-refractivity contribution in [1.29, 1.82) is 0 Å². The number of anilines is 1. The molecule has 2 aliphatic rings. The van der Waals surface area contributed by atoms with Crippen LogP contribution in [0.3, 0.4) is 0 Å². The molecule has 90 valence electrons. The van der Waals surface area contributed by atoms with Crippen molar-refractivity contribution in [2.24, 2.45) is 5.73 Å². The Hall–Kier alpha value is -1.42. The Morgan fingerprint density at radius 2 is 2.00 bits per heavy atom. The predicted molar refractivity (Wildman–Crippen MR) is 63.1 cm³/mol. The van der Waals surface area contributed by atoms with Crippen molar-refractivity contribution >= 4 is 11.6 Å². The van der Waals surface area contributed by atoms with Gasteiger partial charge in [0, 0.05) is 17.3 Å². The number of benzene rings is 1. The number of rotatable bonds is 1. The molecule has 1 atom stereocenters. The normalized spacial score (nSPS) is 24.5. The van der Waals surface area contributed by atoms with Gasteiger partial charge in [-0.3, -0.25) is 4.79 Å². The molecule has 1 aromatic rings. The Morgan fingerprint density at radius 1 is 1.29 bits per heavy atom. The summed E-state index contributed by atoms with van der Waals surface area (Å²) in [4.78, 5) is 13.9. The zero-order valence-corrected chi connectivity index (χ0v) is 9.53. The topological polar surface area (TPSA) is 46.3 Å². The molecule has 3 rings (SSSR count). The molecule has 1 aliphatic carbocycles. The highest BCUT2D eigenvalue weighted by Gasteiger charge is 2.39. The van der Waals surface area contributed by atoms with Crippen molar-refractivity contribution in [1.82, 2.24) is 0 Å². The third kappa shape index (κ3) is 1.55. The van der Waals surface area contributed by atoms with Gasteiger partial charge in [-0.05, 0) is 31.0 Å². The molecule has 1 saturated carbocycles. The first-order valence-corrected chi connectivity index (χ1v) is 6.06. The first-order valence-electron chi connectivity index (χ1n) is 6.06. The largest absolute Gasteiger partial charge is 0.316 e. The van der Waals surface area contributed by atoms with Gasteiger partial charge in [0.2, 0.25) is 5.91 Å². The molecule has 1 aromatic carbocycles. The fourth-order valence-corrected chi connectivity index (χ4v) is 2.93. The number of fused-ring (bicyclic) bond motifs is 1. The lowest BCUT2D eigenvalue weighted by Gasteiger charge is -2.24. The van der Waals surface area contributed by atoms with Crippen molar-refractivity contribution in [3.63, 3.8) is 0 Å². The van der Waals surface area contributed by atoms with E-state index in [1.165, 1.54) is 12.1 Å². The van der Waals surface area contributed by atoms with Crippen LogP contribution in [0, 0.1) is 5.82 Å². The van der Waals surface area contributed by atoms with Gasteiger partial charge in [-0.2, -0.15) is 0 Å². The van der Waals surface area contributed by atoms with E-state index < -0.39 is 6.04 Å². The molecule has 1 aliphatic heterocycles. The summed E-state index contributed by atoms with van der Waals surface area (Å²) in [5, 5.41) is 0. The van der Waals surface area contributed by atoms with Crippen molar-refractivity contribution in [3.05, 3.63) is 29.6 Å². The first-order chi connectivity index (χ1) is 8.18. The summed E-state index contributed by atoms with van der Waals surface area (Å²) >= 11 is 0. The highest BCUT2D eigenvalue weighted by molar-refractivity contribution is 6.05. The summed E-state index contributed by atoms with van der Waals surface area (Å²) in [6.45, 7) is 0. The van der Waals surface area contributed by atoms with E-state index in [-0.39, 0.29) is 17.8 Å². The molecule has 17 heavy (non-hydrogen) atoms. The molecule has 0 spiro atoms. The molecular weight excluding hydrogens is 219 g/mol. The Bertz CT molecular complexity index is 468. The molecule has 1 unspecified atom stereocenters. The highest BCUT2D eigenvalue weighted by Crippen LogP contribution is 2.39. The molecule has 0 saturated heterocycles. The van der Waals surface area contributed by atoms with E-state index in [4.69, 9.17) is 5.73 Å². The molecule has 4 heteroatoms. The summed E-state index contributed by atoms with van der Waals surface area (Å²) in [5.74, 6) is -0.419. The predicted octanol–water partition coefficient (Wildman–Crippen LogP) is 2.11. The van der Waals surface area contributed by atoms with Crippen LogP contribution >= 0.6 is 0 Å². The van der Waals surface area contributed by atoms with Gasteiger partial charge >= 0.3 is 0 Å². The van der Waals surface area contributed by atoms with E-state index in [0.29, 0.717) is 5.56 Å². The van der Waals surface area contributed by atoms with E-state index >= 15 is 0 Å². The van der Waals surface area contributed by atoms with Crippen LogP contribution in [0.15, 0.2) is 18.2 Å². The van der Waals surface area contributed by atoms with Crippen molar-refractivity contribution in [2.75, 3.05) is 4.90 Å². The number of carbonyl (C=O) groups excluding carboxylic acids is 1. The fraction of sp³-hybridized carbons (Fsp3) is 0.462. The molecule has 2 N–H and O–H groups in total. The molecular formula is C13H15FN2O. The Kier molecular flexibility index (Phi) is 2.40. The van der Waals surface area contributed by atoms with Gasteiger partial charge in [0.1, 0.15) is 11.9 Å². The average Bonchev–Trinajstić information content (AvgIpc) is 2.90. The standard InChI is InChI=1S/C13H15FN2O/c14-8-5-6-11-10(7-8)12(15)13(17)16(11)9-3-1-2-4-9/h5-7,9,12H,1-4,15H2. The highest BCUT2D eigenvalue weighted by atomic mass is 19.1. The maximum absolute atomic E-state index is 13.2. The SMILES string of the molecule is NC1C(=O)N(C2CCCC2)c2ccc(F)cc21. The summed E-state index contributed by atoms with van der Waals surface area (Å²) in [6, 6.07) is 4.01. The number of amides is 1. The maximum Gasteiger partial charge on any atom is 0.248 e. The van der Waals surface area contributed by atoms with Gasteiger partial charge in [-0.25, -0.2) is 4.39 Å². The molecule has 1 amide bonds. The second-order valence-electron chi connectivity index (χ2n) is 4.83. The zero-order chi connectivity index (χ0) is 12.0. The zero-order valence-electron chi connectivity index (χ0n) is 9.53. The number of nitrogens with two attached hydrogens (primary N) is 1. The lowest BCUT2D eigenvalue weighted by atomic mass is 10.1. The minimum Gasteiger partial charge on any atom is -0.316 e. The Balaban J connectivity index is 2.04. The first kappa shape index (κ1) is 10.7. The third-order valence-corrected chi connectivity index (χ3v) is 3.78. The number of hydrogen-bond donors (Lipinski definition) is 1. The third-order valence-electron chi connectivity index (χ3n) is 3.78. The van der Waals surface area contributed by atoms with Gasteiger partial charge in [0.15, 0.2) is 0 Å². The van der Waals surface area contributed by atoms with Gasteiger partial charge in [-0.1, -0.05) is 12.8 Å². The number of hydrogen-bond acceptors (Lipinski definition) is 2. The summed E-state index contributed by atoms with van der Waals surface area (Å²) < 4.78 is 13.2. The van der Waals surface area contributed by atoms with E-state index in [1.54, 1.807) is 11.0 Å². The Morgan fingerprint density at radius 3 is 2.71 bits per heavy atom. The van der Waals surface area contributed by atoms with Crippen molar-refractivity contribution in [2.45, 2.75) is 37.8 Å². The van der Waals surface area contributed by atoms with Gasteiger partial charge in [-0.15, -0.1) is 0 Å². The van der Waals surface area contributed by atoms with E-state index in [0.717, 1.165) is 31.4 Å². The van der Waals surface area contributed by atoms with Crippen LogP contribution in [0.1, 0.15) is 37.3 Å². The number of carbonyl (C=O) groups is 1. The maximum atomic E-state index is 13.2. The smallest absolute Gasteiger partial charge is 0.248 e. The van der Waals surface area contributed by atoms with Gasteiger partial charge in [0.05, 0.1) is 0 Å². The van der Waals surface area contributed by atoms with Crippen LogP contribution in [0.2, 0.25) is 0 Å². The fourth-order valence-electron chi connectivity index (χ4n) is 2.93. The molecule has 0 radical (unpaired) electrons. The molecule has 3 nitrogen and oxygen atoms in total. The van der Waals surface area contributed by atoms with Crippen LogP contribution in [-0.4, -0.2) is 11.9 Å². The van der Waals surface area contributed by atoms with E-state index in [2.05, 4.69) is 0 Å². The van der Waals surface area contributed by atoms with Crippen LogP contribution < -0.4 is 10.6 Å². The monoisotopic (exact) mass is 234 g/mol. The van der Waals surface area contributed by atoms with Crippen molar-refractivity contribution < 1.29 is 9.18 Å². The number of nitrogens with zero attached hydrogens (tertiary/aromatic N) is 1. The van der Waals surface area contributed by atoms with E-state index in [1.807, 2.05) is 0 Å². The van der Waals surface area contributed by atoms with Crippen LogP contribution in [0.25, 0.3) is 0 Å². The Labute approximate surface area is 99.4 Å². The van der Waals surface area contributed by atoms with E-state index in [9.17, 15) is 9.18 Å². The lowest BCUT2D eigenvalue weighted by Crippen LogP contribution is -2.38. The van der Waals surface area contributed by atoms with Gasteiger partial charge < -0.3 is 10.6 Å². The minimum atomic E-state index is -0.693.